The first kappa shape index (κ1) is 18.9. The number of carbonyl (C=O) groups excluding carboxylic acids is 1. The van der Waals surface area contributed by atoms with E-state index in [0.29, 0.717) is 24.6 Å². The highest BCUT2D eigenvalue weighted by Crippen LogP contribution is 2.20. The van der Waals surface area contributed by atoms with Gasteiger partial charge in [-0.1, -0.05) is 36.4 Å². The van der Waals surface area contributed by atoms with Crippen LogP contribution in [0, 0.1) is 0 Å². The molecule has 1 amide bonds. The van der Waals surface area contributed by atoms with Crippen molar-refractivity contribution in [3.63, 3.8) is 0 Å². The molecule has 4 rings (SSSR count). The van der Waals surface area contributed by atoms with E-state index in [9.17, 15) is 4.79 Å². The monoisotopic (exact) mass is 388 g/mol. The van der Waals surface area contributed by atoms with E-state index in [2.05, 4.69) is 27.4 Å². The molecule has 0 atom stereocenters. The second kappa shape index (κ2) is 8.73. The van der Waals surface area contributed by atoms with E-state index in [1.54, 1.807) is 19.5 Å². The van der Waals surface area contributed by atoms with Crippen LogP contribution >= 0.6 is 0 Å². The molecule has 1 aliphatic heterocycles. The summed E-state index contributed by atoms with van der Waals surface area (Å²) < 4.78 is 5.17. The number of hydrogen-bond acceptors (Lipinski definition) is 5. The third-order valence-corrected chi connectivity index (χ3v) is 5.17. The molecule has 0 spiro atoms. The van der Waals surface area contributed by atoms with Gasteiger partial charge in [0.2, 0.25) is 5.95 Å². The molecule has 0 unspecified atom stereocenters. The number of fused-ring (bicyclic) bond motifs is 1. The van der Waals surface area contributed by atoms with Crippen LogP contribution in [-0.4, -0.2) is 41.0 Å². The van der Waals surface area contributed by atoms with Gasteiger partial charge in [0, 0.05) is 32.0 Å². The molecule has 2 aromatic carbocycles. The van der Waals surface area contributed by atoms with Gasteiger partial charge in [0.1, 0.15) is 5.75 Å². The largest absolute Gasteiger partial charge is 0.497 e. The van der Waals surface area contributed by atoms with E-state index < -0.39 is 0 Å². The predicted molar refractivity (Wildman–Crippen MR) is 112 cm³/mol. The van der Waals surface area contributed by atoms with Gasteiger partial charge in [-0.2, -0.15) is 0 Å². The highest BCUT2D eigenvalue weighted by molar-refractivity contribution is 5.93. The molecule has 0 bridgehead atoms. The fraction of sp³-hybridized carbons (Fsp3) is 0.261. The van der Waals surface area contributed by atoms with Crippen LogP contribution < -0.4 is 10.1 Å². The van der Waals surface area contributed by atoms with Crippen LogP contribution in [0.15, 0.2) is 60.9 Å². The van der Waals surface area contributed by atoms with Crippen LogP contribution in [0.2, 0.25) is 0 Å². The summed E-state index contributed by atoms with van der Waals surface area (Å²) in [6.45, 7) is 2.07. The lowest BCUT2D eigenvalue weighted by Gasteiger charge is -2.28. The van der Waals surface area contributed by atoms with Crippen molar-refractivity contribution in [2.45, 2.75) is 19.4 Å². The summed E-state index contributed by atoms with van der Waals surface area (Å²) in [5.41, 5.74) is 4.26. The third-order valence-electron chi connectivity index (χ3n) is 5.17. The summed E-state index contributed by atoms with van der Waals surface area (Å²) in [5, 5.41) is 3.20. The molecule has 0 fully saturated rings. The van der Waals surface area contributed by atoms with Crippen LogP contribution in [0.1, 0.15) is 27.0 Å². The minimum Gasteiger partial charge on any atom is -0.497 e. The maximum absolute atomic E-state index is 12.8. The molecule has 0 saturated carbocycles. The number of aromatic nitrogens is 2. The first-order valence-electron chi connectivity index (χ1n) is 9.78. The Hall–Kier alpha value is -3.41. The maximum atomic E-state index is 12.8. The average molecular weight is 388 g/mol. The Morgan fingerprint density at radius 3 is 2.52 bits per heavy atom. The molecule has 2 heterocycles. The first-order valence-corrected chi connectivity index (χ1v) is 9.78. The van der Waals surface area contributed by atoms with Crippen molar-refractivity contribution >= 4 is 11.9 Å². The number of nitrogens with zero attached hydrogens (tertiary/aromatic N) is 3. The third kappa shape index (κ3) is 4.54. The van der Waals surface area contributed by atoms with E-state index >= 15 is 0 Å². The Morgan fingerprint density at radius 1 is 1.07 bits per heavy atom. The van der Waals surface area contributed by atoms with E-state index in [4.69, 9.17) is 4.74 Å². The van der Waals surface area contributed by atoms with E-state index in [1.165, 1.54) is 16.7 Å². The molecule has 6 heteroatoms. The van der Waals surface area contributed by atoms with Gasteiger partial charge < -0.3 is 15.0 Å². The van der Waals surface area contributed by atoms with Crippen molar-refractivity contribution < 1.29 is 9.53 Å². The molecule has 1 aromatic heterocycles. The summed E-state index contributed by atoms with van der Waals surface area (Å²) in [7, 11) is 1.66. The summed E-state index contributed by atoms with van der Waals surface area (Å²) in [6.07, 6.45) is 4.94. The minimum atomic E-state index is -0.0238. The van der Waals surface area contributed by atoms with Crippen molar-refractivity contribution in [2.75, 3.05) is 25.5 Å². The normalized spacial score (nSPS) is 12.9. The van der Waals surface area contributed by atoms with Crippen LogP contribution in [0.3, 0.4) is 0 Å². The first-order chi connectivity index (χ1) is 14.2. The number of amides is 1. The maximum Gasteiger partial charge on any atom is 0.257 e. The Bertz CT molecular complexity index is 971. The number of anilines is 1. The standard InChI is InChI=1S/C23H24N4O2/c1-29-21-8-6-17(7-9-21)10-12-24-23-25-14-20(15-26-23)22(28)27-13-11-18-4-2-3-5-19(18)16-27/h2-9,14-15H,10-13,16H2,1H3,(H,24,25,26). The molecule has 148 valence electrons. The number of benzene rings is 2. The molecular weight excluding hydrogens is 364 g/mol. The molecule has 29 heavy (non-hydrogen) atoms. The Kier molecular flexibility index (Phi) is 5.70. The van der Waals surface area contributed by atoms with E-state index in [1.807, 2.05) is 41.3 Å². The zero-order chi connectivity index (χ0) is 20.1. The van der Waals surface area contributed by atoms with E-state index in [0.717, 1.165) is 25.1 Å². The van der Waals surface area contributed by atoms with Crippen molar-refractivity contribution in [3.05, 3.63) is 83.2 Å². The highest BCUT2D eigenvalue weighted by Gasteiger charge is 2.22. The van der Waals surface area contributed by atoms with Gasteiger partial charge in [-0.25, -0.2) is 9.97 Å². The summed E-state index contributed by atoms with van der Waals surface area (Å²) >= 11 is 0. The molecular formula is C23H24N4O2. The topological polar surface area (TPSA) is 67.3 Å². The van der Waals surface area contributed by atoms with Crippen LogP contribution in [-0.2, 0) is 19.4 Å². The van der Waals surface area contributed by atoms with Gasteiger partial charge in [-0.15, -0.1) is 0 Å². The number of ether oxygens (including phenoxy) is 1. The molecule has 1 N–H and O–H groups in total. The Balaban J connectivity index is 1.31. The second-order valence-electron chi connectivity index (χ2n) is 7.07. The quantitative estimate of drug-likeness (QED) is 0.702. The van der Waals surface area contributed by atoms with Crippen molar-refractivity contribution in [1.29, 1.82) is 0 Å². The van der Waals surface area contributed by atoms with E-state index in [-0.39, 0.29) is 5.91 Å². The number of methoxy groups -OCH3 is 1. The lowest BCUT2D eigenvalue weighted by molar-refractivity contribution is 0.0734. The minimum absolute atomic E-state index is 0.0238. The zero-order valence-corrected chi connectivity index (χ0v) is 16.5. The van der Waals surface area contributed by atoms with Gasteiger partial charge in [0.05, 0.1) is 12.7 Å². The predicted octanol–water partition coefficient (Wildman–Crippen LogP) is 3.34. The number of carbonyl (C=O) groups is 1. The van der Waals surface area contributed by atoms with Crippen molar-refractivity contribution in [2.24, 2.45) is 0 Å². The van der Waals surface area contributed by atoms with Crippen LogP contribution in [0.25, 0.3) is 0 Å². The Morgan fingerprint density at radius 2 is 1.79 bits per heavy atom. The molecule has 1 aliphatic rings. The zero-order valence-electron chi connectivity index (χ0n) is 16.5. The van der Waals surface area contributed by atoms with Crippen LogP contribution in [0.4, 0.5) is 5.95 Å². The number of nitrogens with one attached hydrogen (secondary N) is 1. The Labute approximate surface area is 170 Å². The highest BCUT2D eigenvalue weighted by atomic mass is 16.5. The SMILES string of the molecule is COc1ccc(CCNc2ncc(C(=O)N3CCc4ccccc4C3)cn2)cc1. The number of hydrogen-bond donors (Lipinski definition) is 1. The molecule has 0 saturated heterocycles. The van der Waals surface area contributed by atoms with Gasteiger partial charge in [-0.05, 0) is 41.7 Å². The molecule has 0 radical (unpaired) electrons. The van der Waals surface area contributed by atoms with Gasteiger partial charge in [0.25, 0.3) is 5.91 Å². The van der Waals surface area contributed by atoms with Gasteiger partial charge in [0.15, 0.2) is 0 Å². The van der Waals surface area contributed by atoms with Crippen molar-refractivity contribution in [3.8, 4) is 5.75 Å². The van der Waals surface area contributed by atoms with Crippen LogP contribution in [0.5, 0.6) is 5.75 Å². The summed E-state index contributed by atoms with van der Waals surface area (Å²) in [4.78, 5) is 23.3. The van der Waals surface area contributed by atoms with Gasteiger partial charge in [-0.3, -0.25) is 4.79 Å². The lowest BCUT2D eigenvalue weighted by Crippen LogP contribution is -2.36. The fourth-order valence-electron chi connectivity index (χ4n) is 3.49. The van der Waals surface area contributed by atoms with Gasteiger partial charge >= 0.3 is 0 Å². The summed E-state index contributed by atoms with van der Waals surface area (Å²) in [6, 6.07) is 16.3. The fourth-order valence-corrected chi connectivity index (χ4v) is 3.49. The summed E-state index contributed by atoms with van der Waals surface area (Å²) in [5.74, 6) is 1.35. The molecule has 6 nitrogen and oxygen atoms in total. The molecule has 3 aromatic rings. The molecule has 0 aliphatic carbocycles. The second-order valence-corrected chi connectivity index (χ2v) is 7.07. The number of rotatable bonds is 6. The van der Waals surface area contributed by atoms with Crippen molar-refractivity contribution in [1.82, 2.24) is 14.9 Å². The lowest BCUT2D eigenvalue weighted by atomic mass is 9.99. The average Bonchev–Trinajstić information content (AvgIpc) is 2.79. The smallest absolute Gasteiger partial charge is 0.257 e.